The Morgan fingerprint density at radius 2 is 1.65 bits per heavy atom. The second-order valence-electron chi connectivity index (χ2n) is 11.6. The summed E-state index contributed by atoms with van der Waals surface area (Å²) in [6.07, 6.45) is -5.80. The smallest absolute Gasteiger partial charge is 0.419 e. The standard InChI is InChI=1S/C36H35BrF8N2O4/c1-5-8-9-10-12-21-14-23(38)13-20(4)32(21)22-15-24(33(39)26(16-22)36(43,44)45)28(18-31(49)51-7-3)46-34(50)29(11-6-2)47-19-27(37)25(17-30(47)48)35(40,41)42/h5-6,13-17,19,28-29H,1-2,7-12,18H2,3-4H3,(H,46,50)/t28-,29-/m0/s1. The molecule has 0 unspecified atom stereocenters. The number of nitrogens with zero attached hydrogens (tertiary/aromatic N) is 1. The number of unbranched alkanes of at least 4 members (excludes halogenated alkanes) is 2. The molecule has 0 fully saturated rings. The van der Waals surface area contributed by atoms with Gasteiger partial charge in [0.15, 0.2) is 0 Å². The van der Waals surface area contributed by atoms with Crippen molar-refractivity contribution in [1.29, 1.82) is 0 Å². The van der Waals surface area contributed by atoms with Crippen LogP contribution in [0.25, 0.3) is 11.1 Å². The average Bonchev–Trinajstić information content (AvgIpc) is 3.01. The minimum atomic E-state index is -5.27. The van der Waals surface area contributed by atoms with Gasteiger partial charge in [-0.15, -0.1) is 13.2 Å². The van der Waals surface area contributed by atoms with Crippen LogP contribution in [-0.2, 0) is 33.1 Å². The fourth-order valence-corrected chi connectivity index (χ4v) is 6.22. The van der Waals surface area contributed by atoms with E-state index in [0.717, 1.165) is 18.3 Å². The number of halogens is 9. The van der Waals surface area contributed by atoms with Gasteiger partial charge >= 0.3 is 18.3 Å². The number of hydrogen-bond donors (Lipinski definition) is 1. The van der Waals surface area contributed by atoms with E-state index >= 15 is 4.39 Å². The molecule has 0 saturated heterocycles. The molecule has 3 aromatic rings. The van der Waals surface area contributed by atoms with Crippen molar-refractivity contribution in [3.63, 3.8) is 0 Å². The third-order valence-electron chi connectivity index (χ3n) is 7.91. The molecule has 2 aromatic carbocycles. The Hall–Kier alpha value is -4.27. The predicted molar refractivity (Wildman–Crippen MR) is 179 cm³/mol. The highest BCUT2D eigenvalue weighted by molar-refractivity contribution is 9.10. The lowest BCUT2D eigenvalue weighted by atomic mass is 9.88. The van der Waals surface area contributed by atoms with Crippen LogP contribution in [0.3, 0.4) is 0 Å². The number of rotatable bonds is 15. The monoisotopic (exact) mass is 790 g/mol. The van der Waals surface area contributed by atoms with Gasteiger partial charge in [0.05, 0.1) is 30.2 Å². The summed E-state index contributed by atoms with van der Waals surface area (Å²) in [5, 5.41) is 2.32. The lowest BCUT2D eigenvalue weighted by molar-refractivity contribution is -0.144. The van der Waals surface area contributed by atoms with E-state index in [1.165, 1.54) is 26.0 Å². The first-order chi connectivity index (χ1) is 23.8. The SMILES string of the molecule is C=CCCCCc1cc(F)cc(C)c1-c1cc([C@H](CC(=O)OCC)NC(=O)[C@H](CC=C)n2cc(Br)c(C(F)(F)F)cc2=O)c(F)c(C(F)(F)F)c1. The fraction of sp³-hybridized carbons (Fsp3) is 0.361. The van der Waals surface area contributed by atoms with Crippen molar-refractivity contribution in [2.75, 3.05) is 6.61 Å². The van der Waals surface area contributed by atoms with Gasteiger partial charge in [-0.1, -0.05) is 12.2 Å². The largest absolute Gasteiger partial charge is 0.466 e. The number of aryl methyl sites for hydroxylation is 2. The maximum atomic E-state index is 16.0. The summed E-state index contributed by atoms with van der Waals surface area (Å²) in [7, 11) is 0. The van der Waals surface area contributed by atoms with Crippen LogP contribution in [0.4, 0.5) is 35.1 Å². The second-order valence-corrected chi connectivity index (χ2v) is 12.5. The Kier molecular flexibility index (Phi) is 14.0. The lowest BCUT2D eigenvalue weighted by Gasteiger charge is -2.26. The highest BCUT2D eigenvalue weighted by Gasteiger charge is 2.39. The van der Waals surface area contributed by atoms with E-state index in [0.29, 0.717) is 35.5 Å². The predicted octanol–water partition coefficient (Wildman–Crippen LogP) is 9.73. The number of esters is 1. The van der Waals surface area contributed by atoms with E-state index in [9.17, 15) is 45.1 Å². The minimum absolute atomic E-state index is 0.173. The molecule has 2 atom stereocenters. The van der Waals surface area contributed by atoms with E-state index in [4.69, 9.17) is 4.74 Å². The quantitative estimate of drug-likeness (QED) is 0.0720. The van der Waals surface area contributed by atoms with Crippen molar-refractivity contribution in [2.24, 2.45) is 0 Å². The molecule has 1 heterocycles. The first-order valence-electron chi connectivity index (χ1n) is 15.7. The van der Waals surface area contributed by atoms with Crippen LogP contribution in [0.5, 0.6) is 0 Å². The number of ether oxygens (including phenoxy) is 1. The molecule has 15 heteroatoms. The van der Waals surface area contributed by atoms with Gasteiger partial charge in [0.2, 0.25) is 5.91 Å². The Balaban J connectivity index is 2.26. The normalized spacial score (nSPS) is 13.0. The van der Waals surface area contributed by atoms with E-state index in [1.54, 1.807) is 6.08 Å². The second kappa shape index (κ2) is 17.3. The van der Waals surface area contributed by atoms with E-state index in [2.05, 4.69) is 34.4 Å². The number of carbonyl (C=O) groups excluding carboxylic acids is 2. The van der Waals surface area contributed by atoms with E-state index < -0.39 is 81.1 Å². The summed E-state index contributed by atoms with van der Waals surface area (Å²) in [6, 6.07) is 0.646. The van der Waals surface area contributed by atoms with Gasteiger partial charge in [0.25, 0.3) is 5.56 Å². The number of benzene rings is 2. The minimum Gasteiger partial charge on any atom is -0.466 e. The fourth-order valence-electron chi connectivity index (χ4n) is 5.66. The number of aromatic nitrogens is 1. The first kappa shape index (κ1) is 41.2. The molecule has 1 N–H and O–H groups in total. The van der Waals surface area contributed by atoms with Crippen molar-refractivity contribution in [3.8, 4) is 11.1 Å². The van der Waals surface area contributed by atoms with Gasteiger partial charge in [-0.25, -0.2) is 8.78 Å². The molecular formula is C36H35BrF8N2O4. The molecule has 51 heavy (non-hydrogen) atoms. The molecule has 0 saturated carbocycles. The van der Waals surface area contributed by atoms with Crippen molar-refractivity contribution >= 4 is 27.8 Å². The number of allylic oxidation sites excluding steroid dienone is 2. The van der Waals surface area contributed by atoms with E-state index in [1.807, 2.05) is 0 Å². The maximum Gasteiger partial charge on any atom is 0.419 e. The van der Waals surface area contributed by atoms with Crippen LogP contribution < -0.4 is 10.9 Å². The Bertz CT molecular complexity index is 1840. The topological polar surface area (TPSA) is 77.4 Å². The zero-order valence-electron chi connectivity index (χ0n) is 27.6. The van der Waals surface area contributed by atoms with E-state index in [-0.39, 0.29) is 42.2 Å². The average molecular weight is 792 g/mol. The highest BCUT2D eigenvalue weighted by atomic mass is 79.9. The molecule has 0 aliphatic carbocycles. The number of amides is 1. The molecule has 0 spiro atoms. The van der Waals surface area contributed by atoms with Gasteiger partial charge in [0, 0.05) is 22.3 Å². The zero-order chi connectivity index (χ0) is 38.3. The van der Waals surface area contributed by atoms with Gasteiger partial charge in [-0.05, 0) is 108 Å². The first-order valence-corrected chi connectivity index (χ1v) is 16.5. The number of pyridine rings is 1. The van der Waals surface area contributed by atoms with Crippen molar-refractivity contribution < 1.29 is 49.4 Å². The van der Waals surface area contributed by atoms with Crippen molar-refractivity contribution in [3.05, 3.63) is 116 Å². The van der Waals surface area contributed by atoms with Crippen LogP contribution in [0.1, 0.15) is 78.9 Å². The molecule has 6 nitrogen and oxygen atoms in total. The Morgan fingerprint density at radius 3 is 2.24 bits per heavy atom. The number of carbonyl (C=O) groups is 2. The molecule has 3 rings (SSSR count). The summed E-state index contributed by atoms with van der Waals surface area (Å²) in [6.45, 7) is 9.89. The molecule has 1 aromatic heterocycles. The molecule has 0 bridgehead atoms. The van der Waals surface area contributed by atoms with Gasteiger partial charge in [-0.2, -0.15) is 26.3 Å². The van der Waals surface area contributed by atoms with Crippen LogP contribution >= 0.6 is 15.9 Å². The third-order valence-corrected chi connectivity index (χ3v) is 8.55. The van der Waals surface area contributed by atoms with Gasteiger partial charge in [0.1, 0.15) is 17.7 Å². The number of nitrogens with one attached hydrogen (secondary N) is 1. The molecule has 0 aliphatic rings. The Morgan fingerprint density at radius 1 is 0.980 bits per heavy atom. The molecule has 1 amide bonds. The molecule has 276 valence electrons. The van der Waals surface area contributed by atoms with Crippen LogP contribution in [0.15, 0.2) is 71.1 Å². The summed E-state index contributed by atoms with van der Waals surface area (Å²) < 4.78 is 119. The zero-order valence-corrected chi connectivity index (χ0v) is 29.2. The van der Waals surface area contributed by atoms with Crippen LogP contribution in [0.2, 0.25) is 0 Å². The lowest BCUT2D eigenvalue weighted by Crippen LogP contribution is -2.40. The van der Waals surface area contributed by atoms with Crippen molar-refractivity contribution in [1.82, 2.24) is 9.88 Å². The van der Waals surface area contributed by atoms with Gasteiger partial charge in [-0.3, -0.25) is 14.4 Å². The molecule has 0 radical (unpaired) electrons. The molecular weight excluding hydrogens is 756 g/mol. The summed E-state index contributed by atoms with van der Waals surface area (Å²) >= 11 is 2.75. The number of hydrogen-bond acceptors (Lipinski definition) is 4. The van der Waals surface area contributed by atoms with Crippen molar-refractivity contribution in [2.45, 2.75) is 76.8 Å². The highest BCUT2D eigenvalue weighted by Crippen LogP contribution is 2.41. The summed E-state index contributed by atoms with van der Waals surface area (Å²) in [5.41, 5.74) is -4.50. The maximum absolute atomic E-state index is 16.0. The van der Waals surface area contributed by atoms with Gasteiger partial charge < -0.3 is 14.6 Å². The third kappa shape index (κ3) is 10.4. The van der Waals surface area contributed by atoms with Crippen LogP contribution in [-0.4, -0.2) is 23.1 Å². The summed E-state index contributed by atoms with van der Waals surface area (Å²) in [5.74, 6) is -4.64. The number of alkyl halides is 6. The molecule has 0 aliphatic heterocycles. The summed E-state index contributed by atoms with van der Waals surface area (Å²) in [4.78, 5) is 39.3. The Labute approximate surface area is 297 Å². The van der Waals surface area contributed by atoms with Crippen LogP contribution in [0, 0.1) is 18.6 Å².